The van der Waals surface area contributed by atoms with E-state index >= 15 is 0 Å². The summed E-state index contributed by atoms with van der Waals surface area (Å²) in [5, 5.41) is 5.34. The van der Waals surface area contributed by atoms with Gasteiger partial charge in [-0.1, -0.05) is 20.8 Å². The molecule has 0 bridgehead atoms. The zero-order valence-electron chi connectivity index (χ0n) is 16.1. The van der Waals surface area contributed by atoms with Gasteiger partial charge in [0.15, 0.2) is 6.61 Å². The summed E-state index contributed by atoms with van der Waals surface area (Å²) in [5.74, 6) is -1.37. The number of carbonyl (C=O) groups excluding carboxylic acids is 3. The number of hydrogen-bond acceptors (Lipinski definition) is 4. The molecule has 0 radical (unpaired) electrons. The molecule has 0 saturated heterocycles. The maximum Gasteiger partial charge on any atom is 0.355 e. The molecule has 2 amide bonds. The minimum atomic E-state index is -0.713. The Hall–Kier alpha value is -2.31. The molecule has 3 N–H and O–H groups in total. The standard InChI is InChI=1S/C18H29N3O4/c1-8-19-16(23)15(18(5,6)7)21-13(22)9-25-17(24)14-11(3)10(2)12(4)20-14/h15,20H,8-9H2,1-7H3,(H,19,23)(H,21,22). The second kappa shape index (κ2) is 8.18. The van der Waals surface area contributed by atoms with Crippen LogP contribution in [-0.4, -0.2) is 42.0 Å². The molecular weight excluding hydrogens is 322 g/mol. The molecule has 0 spiro atoms. The molecule has 25 heavy (non-hydrogen) atoms. The van der Waals surface area contributed by atoms with Crippen molar-refractivity contribution in [3.63, 3.8) is 0 Å². The minimum Gasteiger partial charge on any atom is -0.451 e. The Bertz CT molecular complexity index is 656. The van der Waals surface area contributed by atoms with Gasteiger partial charge in [0.25, 0.3) is 5.91 Å². The van der Waals surface area contributed by atoms with Gasteiger partial charge in [-0.3, -0.25) is 9.59 Å². The quantitative estimate of drug-likeness (QED) is 0.680. The van der Waals surface area contributed by atoms with Crippen molar-refractivity contribution in [1.29, 1.82) is 0 Å². The molecule has 7 nitrogen and oxygen atoms in total. The summed E-state index contributed by atoms with van der Waals surface area (Å²) < 4.78 is 5.08. The summed E-state index contributed by atoms with van der Waals surface area (Å²) in [5.41, 5.74) is 2.55. The lowest BCUT2D eigenvalue weighted by atomic mass is 9.86. The van der Waals surface area contributed by atoms with E-state index in [1.807, 2.05) is 48.5 Å². The van der Waals surface area contributed by atoms with Crippen molar-refractivity contribution in [2.75, 3.05) is 13.2 Å². The monoisotopic (exact) mass is 351 g/mol. The summed E-state index contributed by atoms with van der Waals surface area (Å²) in [6.07, 6.45) is 0. The lowest BCUT2D eigenvalue weighted by Crippen LogP contribution is -2.54. The van der Waals surface area contributed by atoms with Gasteiger partial charge in [-0.2, -0.15) is 0 Å². The van der Waals surface area contributed by atoms with Gasteiger partial charge in [-0.15, -0.1) is 0 Å². The van der Waals surface area contributed by atoms with Crippen molar-refractivity contribution in [1.82, 2.24) is 15.6 Å². The summed E-state index contributed by atoms with van der Waals surface area (Å²) in [6.45, 7) is 13.0. The zero-order valence-corrected chi connectivity index (χ0v) is 16.1. The van der Waals surface area contributed by atoms with Crippen LogP contribution in [0, 0.1) is 26.2 Å². The van der Waals surface area contributed by atoms with E-state index in [2.05, 4.69) is 15.6 Å². The Kier molecular flexibility index (Phi) is 6.78. The number of likely N-dealkylation sites (N-methyl/N-ethyl adjacent to an activating group) is 1. The highest BCUT2D eigenvalue weighted by Gasteiger charge is 2.32. The largest absolute Gasteiger partial charge is 0.451 e. The predicted molar refractivity (Wildman–Crippen MR) is 95.4 cm³/mol. The van der Waals surface area contributed by atoms with E-state index in [9.17, 15) is 14.4 Å². The third kappa shape index (κ3) is 5.34. The topological polar surface area (TPSA) is 100 Å². The van der Waals surface area contributed by atoms with Crippen molar-refractivity contribution < 1.29 is 19.1 Å². The molecule has 0 aliphatic rings. The molecule has 0 aliphatic heterocycles. The number of rotatable bonds is 6. The number of aryl methyl sites for hydroxylation is 1. The smallest absolute Gasteiger partial charge is 0.355 e. The lowest BCUT2D eigenvalue weighted by Gasteiger charge is -2.30. The molecule has 7 heteroatoms. The number of aromatic amines is 1. The van der Waals surface area contributed by atoms with Crippen molar-refractivity contribution in [3.05, 3.63) is 22.5 Å². The van der Waals surface area contributed by atoms with Crippen LogP contribution in [0.2, 0.25) is 0 Å². The average molecular weight is 351 g/mol. The molecule has 1 aromatic heterocycles. The number of ether oxygens (including phenoxy) is 1. The molecule has 1 heterocycles. The number of carbonyl (C=O) groups is 3. The van der Waals surface area contributed by atoms with Crippen molar-refractivity contribution in [2.24, 2.45) is 5.41 Å². The Morgan fingerprint density at radius 3 is 2.16 bits per heavy atom. The third-order valence-electron chi connectivity index (χ3n) is 4.14. The number of esters is 1. The average Bonchev–Trinajstić information content (AvgIpc) is 2.77. The molecule has 0 aromatic carbocycles. The predicted octanol–water partition coefficient (Wildman–Crippen LogP) is 1.76. The molecule has 0 saturated carbocycles. The fourth-order valence-corrected chi connectivity index (χ4v) is 2.41. The van der Waals surface area contributed by atoms with Crippen LogP contribution in [0.3, 0.4) is 0 Å². The van der Waals surface area contributed by atoms with Crippen LogP contribution in [0.5, 0.6) is 0 Å². The summed E-state index contributed by atoms with van der Waals surface area (Å²) in [6, 6.07) is -0.713. The SMILES string of the molecule is CCNC(=O)C(NC(=O)COC(=O)c1[nH]c(C)c(C)c1C)C(C)(C)C. The van der Waals surface area contributed by atoms with E-state index < -0.39 is 29.9 Å². The highest BCUT2D eigenvalue weighted by molar-refractivity contribution is 5.93. The molecule has 140 valence electrons. The van der Waals surface area contributed by atoms with Crippen LogP contribution in [0.25, 0.3) is 0 Å². The van der Waals surface area contributed by atoms with Gasteiger partial charge in [0.05, 0.1) is 0 Å². The highest BCUT2D eigenvalue weighted by Crippen LogP contribution is 2.20. The lowest BCUT2D eigenvalue weighted by molar-refractivity contribution is -0.133. The third-order valence-corrected chi connectivity index (χ3v) is 4.14. The van der Waals surface area contributed by atoms with Crippen LogP contribution < -0.4 is 10.6 Å². The van der Waals surface area contributed by atoms with E-state index in [-0.39, 0.29) is 5.91 Å². The van der Waals surface area contributed by atoms with Crippen molar-refractivity contribution in [3.8, 4) is 0 Å². The Labute approximate surface area is 148 Å². The van der Waals surface area contributed by atoms with Gasteiger partial charge < -0.3 is 20.4 Å². The molecule has 1 rings (SSSR count). The number of hydrogen-bond donors (Lipinski definition) is 3. The van der Waals surface area contributed by atoms with E-state index in [4.69, 9.17) is 4.74 Å². The van der Waals surface area contributed by atoms with Crippen LogP contribution >= 0.6 is 0 Å². The fourth-order valence-electron chi connectivity index (χ4n) is 2.41. The minimum absolute atomic E-state index is 0.263. The van der Waals surface area contributed by atoms with Gasteiger partial charge in [-0.05, 0) is 44.2 Å². The van der Waals surface area contributed by atoms with Crippen molar-refractivity contribution in [2.45, 2.75) is 54.5 Å². The number of amides is 2. The Morgan fingerprint density at radius 2 is 1.72 bits per heavy atom. The molecule has 1 atom stereocenters. The number of H-pyrrole nitrogens is 1. The Balaban J connectivity index is 2.70. The van der Waals surface area contributed by atoms with Gasteiger partial charge in [0, 0.05) is 12.2 Å². The first kappa shape index (κ1) is 20.7. The van der Waals surface area contributed by atoms with Gasteiger partial charge in [0.1, 0.15) is 11.7 Å². The van der Waals surface area contributed by atoms with Gasteiger partial charge in [-0.25, -0.2) is 4.79 Å². The normalized spacial score (nSPS) is 12.4. The van der Waals surface area contributed by atoms with Crippen LogP contribution in [0.15, 0.2) is 0 Å². The van der Waals surface area contributed by atoms with E-state index in [0.717, 1.165) is 16.8 Å². The van der Waals surface area contributed by atoms with E-state index in [0.29, 0.717) is 12.2 Å². The fraction of sp³-hybridized carbons (Fsp3) is 0.611. The summed E-state index contributed by atoms with van der Waals surface area (Å²) in [7, 11) is 0. The first-order chi connectivity index (χ1) is 11.5. The molecule has 0 aliphatic carbocycles. The molecule has 1 unspecified atom stereocenters. The highest BCUT2D eigenvalue weighted by atomic mass is 16.5. The summed E-state index contributed by atoms with van der Waals surface area (Å²) in [4.78, 5) is 39.4. The molecular formula is C18H29N3O4. The second-order valence-electron chi connectivity index (χ2n) is 7.21. The maximum absolute atomic E-state index is 12.1. The van der Waals surface area contributed by atoms with Crippen LogP contribution in [-0.2, 0) is 14.3 Å². The second-order valence-corrected chi connectivity index (χ2v) is 7.21. The first-order valence-corrected chi connectivity index (χ1v) is 8.39. The Morgan fingerprint density at radius 1 is 1.12 bits per heavy atom. The maximum atomic E-state index is 12.1. The van der Waals surface area contributed by atoms with E-state index in [1.165, 1.54) is 0 Å². The van der Waals surface area contributed by atoms with Gasteiger partial charge in [0.2, 0.25) is 5.91 Å². The van der Waals surface area contributed by atoms with Crippen LogP contribution in [0.1, 0.15) is 55.0 Å². The first-order valence-electron chi connectivity index (χ1n) is 8.39. The van der Waals surface area contributed by atoms with E-state index in [1.54, 1.807) is 0 Å². The number of nitrogens with one attached hydrogen (secondary N) is 3. The van der Waals surface area contributed by atoms with Crippen molar-refractivity contribution >= 4 is 17.8 Å². The number of aromatic nitrogens is 1. The van der Waals surface area contributed by atoms with Gasteiger partial charge >= 0.3 is 5.97 Å². The molecule has 0 fully saturated rings. The van der Waals surface area contributed by atoms with Crippen LogP contribution in [0.4, 0.5) is 0 Å². The molecule has 1 aromatic rings. The summed E-state index contributed by atoms with van der Waals surface area (Å²) >= 11 is 0. The zero-order chi connectivity index (χ0) is 19.4.